The maximum absolute atomic E-state index is 6.16. The first-order chi connectivity index (χ1) is 11.4. The van der Waals surface area contributed by atoms with Gasteiger partial charge in [0.05, 0.1) is 26.4 Å². The highest BCUT2D eigenvalue weighted by molar-refractivity contribution is 7.18. The van der Waals surface area contributed by atoms with Gasteiger partial charge >= 0.3 is 7.12 Å². The summed E-state index contributed by atoms with van der Waals surface area (Å²) in [5.74, 6) is 0. The van der Waals surface area contributed by atoms with Crippen molar-refractivity contribution in [2.24, 2.45) is 0 Å². The number of hydrogen-bond donors (Lipinski definition) is 0. The van der Waals surface area contributed by atoms with Crippen molar-refractivity contribution in [1.29, 1.82) is 0 Å². The van der Waals surface area contributed by atoms with Crippen LogP contribution in [0, 0.1) is 0 Å². The molecule has 1 aliphatic rings. The van der Waals surface area contributed by atoms with Crippen LogP contribution in [0.1, 0.15) is 46.6 Å². The smallest absolute Gasteiger partial charge is 0.399 e. The van der Waals surface area contributed by atoms with Gasteiger partial charge in [0.1, 0.15) is 0 Å². The molecule has 136 valence electrons. The summed E-state index contributed by atoms with van der Waals surface area (Å²) in [5, 5.41) is 1.17. The maximum atomic E-state index is 6.16. The molecule has 0 bridgehead atoms. The molecular formula is C19H29BN2O2S. The number of aromatic nitrogens is 1. The average molecular weight is 360 g/mol. The maximum Gasteiger partial charge on any atom is 0.494 e. The summed E-state index contributed by atoms with van der Waals surface area (Å²) in [4.78, 5) is 7.11. The first-order valence-electron chi connectivity index (χ1n) is 8.84. The average Bonchev–Trinajstić information content (AvgIpc) is 2.94. The fraction of sp³-hybridized carbons (Fsp3) is 0.632. The van der Waals surface area contributed by atoms with E-state index in [1.165, 1.54) is 9.71 Å². The number of likely N-dealkylation sites (N-methyl/N-ethyl adjacent to an activating group) is 1. The Bertz CT molecular complexity index is 767. The van der Waals surface area contributed by atoms with Gasteiger partial charge in [-0.15, -0.1) is 11.3 Å². The minimum absolute atomic E-state index is 0.0857. The number of nitrogens with zero attached hydrogens (tertiary/aromatic N) is 2. The van der Waals surface area contributed by atoms with Crippen LogP contribution < -0.4 is 5.46 Å². The highest BCUT2D eigenvalue weighted by Gasteiger charge is 2.51. The zero-order chi connectivity index (χ0) is 18.6. The van der Waals surface area contributed by atoms with Gasteiger partial charge in [-0.25, -0.2) is 4.98 Å². The van der Waals surface area contributed by atoms with Crippen LogP contribution in [0.5, 0.6) is 0 Å². The van der Waals surface area contributed by atoms with Gasteiger partial charge in [-0.3, -0.25) is 0 Å². The van der Waals surface area contributed by atoms with Crippen molar-refractivity contribution in [1.82, 2.24) is 9.88 Å². The van der Waals surface area contributed by atoms with Crippen LogP contribution in [-0.2, 0) is 15.7 Å². The fourth-order valence-corrected chi connectivity index (χ4v) is 3.89. The lowest BCUT2D eigenvalue weighted by atomic mass is 9.79. The summed E-state index contributed by atoms with van der Waals surface area (Å²) in [6.45, 7) is 12.8. The lowest BCUT2D eigenvalue weighted by Gasteiger charge is -2.32. The van der Waals surface area contributed by atoms with Crippen molar-refractivity contribution in [2.75, 3.05) is 14.1 Å². The second-order valence-corrected chi connectivity index (χ2v) is 9.92. The van der Waals surface area contributed by atoms with Crippen molar-refractivity contribution < 1.29 is 9.31 Å². The normalized spacial score (nSPS) is 20.0. The van der Waals surface area contributed by atoms with Crippen LogP contribution in [0.15, 0.2) is 18.2 Å². The van der Waals surface area contributed by atoms with Crippen molar-refractivity contribution in [3.63, 3.8) is 0 Å². The second-order valence-electron chi connectivity index (χ2n) is 8.81. The Labute approximate surface area is 155 Å². The largest absolute Gasteiger partial charge is 0.494 e. The number of benzene rings is 1. The van der Waals surface area contributed by atoms with E-state index in [1.807, 2.05) is 0 Å². The quantitative estimate of drug-likeness (QED) is 0.782. The van der Waals surface area contributed by atoms with Gasteiger partial charge in [-0.1, -0.05) is 6.07 Å². The fourth-order valence-electron chi connectivity index (χ4n) is 2.72. The van der Waals surface area contributed by atoms with E-state index in [2.05, 4.69) is 78.7 Å². The molecule has 25 heavy (non-hydrogen) atoms. The SMILES string of the molecule is CN(C)C(C)(C)Cc1nc2cc(B3OC(C)(C)C(C)(C)O3)ccc2s1. The van der Waals surface area contributed by atoms with Gasteiger partial charge in [-0.2, -0.15) is 0 Å². The zero-order valence-corrected chi connectivity index (χ0v) is 17.5. The van der Waals surface area contributed by atoms with Gasteiger partial charge in [0.15, 0.2) is 0 Å². The summed E-state index contributed by atoms with van der Waals surface area (Å²) in [7, 11) is 3.89. The van der Waals surface area contributed by atoms with E-state index in [1.54, 1.807) is 11.3 Å². The van der Waals surface area contributed by atoms with E-state index in [0.29, 0.717) is 0 Å². The lowest BCUT2D eigenvalue weighted by molar-refractivity contribution is 0.00578. The Balaban J connectivity index is 1.87. The predicted octanol–water partition coefficient (Wildman–Crippen LogP) is 3.48. The zero-order valence-electron chi connectivity index (χ0n) is 16.6. The Hall–Kier alpha value is -0.945. The van der Waals surface area contributed by atoms with E-state index >= 15 is 0 Å². The first kappa shape index (κ1) is 18.8. The highest BCUT2D eigenvalue weighted by atomic mass is 32.1. The number of hydrogen-bond acceptors (Lipinski definition) is 5. The van der Waals surface area contributed by atoms with Crippen molar-refractivity contribution in [2.45, 2.75) is 64.7 Å². The summed E-state index contributed by atoms with van der Waals surface area (Å²) < 4.78 is 13.5. The second kappa shape index (κ2) is 6.05. The van der Waals surface area contributed by atoms with Crippen LogP contribution >= 0.6 is 11.3 Å². The highest BCUT2D eigenvalue weighted by Crippen LogP contribution is 2.36. The van der Waals surface area contributed by atoms with Crippen LogP contribution in [-0.4, -0.2) is 47.8 Å². The monoisotopic (exact) mass is 360 g/mol. The molecule has 4 nitrogen and oxygen atoms in total. The summed E-state index contributed by atoms with van der Waals surface area (Å²) in [5.41, 5.74) is 1.50. The Morgan fingerprint density at radius 2 is 1.72 bits per heavy atom. The van der Waals surface area contributed by atoms with E-state index in [0.717, 1.165) is 17.4 Å². The number of fused-ring (bicyclic) bond motifs is 1. The third-order valence-corrected chi connectivity index (χ3v) is 6.81. The molecule has 0 atom stereocenters. The summed E-state index contributed by atoms with van der Waals surface area (Å²) >= 11 is 1.77. The van der Waals surface area contributed by atoms with Crippen LogP contribution in [0.25, 0.3) is 10.2 Å². The van der Waals surface area contributed by atoms with E-state index in [9.17, 15) is 0 Å². The van der Waals surface area contributed by atoms with Crippen LogP contribution in [0.3, 0.4) is 0 Å². The molecule has 2 aromatic rings. The Morgan fingerprint density at radius 3 is 2.28 bits per heavy atom. The minimum atomic E-state index is -0.335. The molecule has 0 aliphatic carbocycles. The molecule has 0 unspecified atom stereocenters. The van der Waals surface area contributed by atoms with Crippen LogP contribution in [0.4, 0.5) is 0 Å². The third kappa shape index (κ3) is 3.50. The summed E-state index contributed by atoms with van der Waals surface area (Å²) in [6, 6.07) is 6.35. The standard InChI is InChI=1S/C19H29BN2O2S/c1-17(2,22(7)8)12-16-21-14-11-13(9-10-15(14)25-16)20-23-18(3,4)19(5,6)24-20/h9-11H,12H2,1-8H3. The minimum Gasteiger partial charge on any atom is -0.399 e. The molecule has 0 radical (unpaired) electrons. The van der Waals surface area contributed by atoms with Crippen LogP contribution in [0.2, 0.25) is 0 Å². The van der Waals surface area contributed by atoms with Gasteiger partial charge in [0, 0.05) is 12.0 Å². The molecule has 3 rings (SSSR count). The number of thiazole rings is 1. The molecule has 6 heteroatoms. The molecule has 2 heterocycles. The first-order valence-corrected chi connectivity index (χ1v) is 9.65. The van der Waals surface area contributed by atoms with Crippen molar-refractivity contribution in [3.8, 4) is 0 Å². The van der Waals surface area contributed by atoms with E-state index < -0.39 is 0 Å². The Morgan fingerprint density at radius 1 is 1.12 bits per heavy atom. The third-order valence-electron chi connectivity index (χ3n) is 5.78. The lowest BCUT2D eigenvalue weighted by Crippen LogP contribution is -2.41. The van der Waals surface area contributed by atoms with E-state index in [-0.39, 0.29) is 23.9 Å². The molecule has 1 aliphatic heterocycles. The van der Waals surface area contributed by atoms with Crippen molar-refractivity contribution >= 4 is 34.1 Å². The van der Waals surface area contributed by atoms with Gasteiger partial charge in [0.2, 0.25) is 0 Å². The van der Waals surface area contributed by atoms with Gasteiger partial charge < -0.3 is 14.2 Å². The summed E-state index contributed by atoms with van der Waals surface area (Å²) in [6.07, 6.45) is 0.936. The molecule has 0 amide bonds. The van der Waals surface area contributed by atoms with Gasteiger partial charge in [0.25, 0.3) is 0 Å². The molecular weight excluding hydrogens is 331 g/mol. The molecule has 0 spiro atoms. The molecule has 1 saturated heterocycles. The van der Waals surface area contributed by atoms with E-state index in [4.69, 9.17) is 14.3 Å². The molecule has 1 fully saturated rings. The predicted molar refractivity (Wildman–Crippen MR) is 107 cm³/mol. The van der Waals surface area contributed by atoms with Crippen molar-refractivity contribution in [3.05, 3.63) is 23.2 Å². The molecule has 0 saturated carbocycles. The number of rotatable bonds is 4. The topological polar surface area (TPSA) is 34.6 Å². The molecule has 1 aromatic carbocycles. The molecule has 0 N–H and O–H groups in total. The Kier molecular flexibility index (Phi) is 4.56. The molecule has 1 aromatic heterocycles. The van der Waals surface area contributed by atoms with Gasteiger partial charge in [-0.05, 0) is 73.2 Å².